The summed E-state index contributed by atoms with van der Waals surface area (Å²) in [5, 5.41) is 16.6. The van der Waals surface area contributed by atoms with Gasteiger partial charge in [-0.2, -0.15) is 0 Å². The van der Waals surface area contributed by atoms with Crippen molar-refractivity contribution in [2.24, 2.45) is 0 Å². The number of hydrogen-bond donors (Lipinski definition) is 0. The van der Waals surface area contributed by atoms with Crippen LogP contribution in [0, 0.1) is 0 Å². The molecule has 0 N–H and O–H groups in total. The predicted octanol–water partition coefficient (Wildman–Crippen LogP) is 22.5. The van der Waals surface area contributed by atoms with Crippen LogP contribution in [0.4, 0.5) is 34.1 Å². The minimum absolute atomic E-state index is 0.124. The lowest BCUT2D eigenvalue weighted by Crippen LogP contribution is -2.60. The number of thiophene rings is 4. The van der Waals surface area contributed by atoms with Gasteiger partial charge in [0.25, 0.3) is 0 Å². The molecule has 15 aromatic rings. The number of benzene rings is 9. The number of nitrogens with zero attached hydrogens (tertiary/aromatic N) is 2. The predicted molar refractivity (Wildman–Crippen MR) is 375 cm³/mol. The molecule has 4 nitrogen and oxygen atoms in total. The van der Waals surface area contributed by atoms with Crippen molar-refractivity contribution in [2.45, 2.75) is 72.1 Å². The summed E-state index contributed by atoms with van der Waals surface area (Å²) < 4.78 is 20.4. The molecule has 0 saturated carbocycles. The van der Waals surface area contributed by atoms with Gasteiger partial charge < -0.3 is 18.6 Å². The van der Waals surface area contributed by atoms with Gasteiger partial charge in [-0.1, -0.05) is 140 Å². The Kier molecular flexibility index (Phi) is 11.5. The number of furan rings is 2. The molecule has 0 bridgehead atoms. The fraction of sp³-hybridized carbons (Fsp3) is 0.143. The minimum atomic E-state index is -0.400. The normalized spacial score (nSPS) is 13.4. The second-order valence-electron chi connectivity index (χ2n) is 25.9. The monoisotopic (exact) mass is 1180 g/mol. The van der Waals surface area contributed by atoms with Gasteiger partial charge in [0, 0.05) is 96.1 Å². The molecule has 86 heavy (non-hydrogen) atoms. The molecule has 9 aromatic carbocycles. The van der Waals surface area contributed by atoms with Crippen LogP contribution in [-0.4, -0.2) is 6.71 Å². The smallest absolute Gasteiger partial charge is 0.342 e. The maximum Gasteiger partial charge on any atom is 0.342 e. The summed E-state index contributed by atoms with van der Waals surface area (Å²) in [4.78, 5) is 5.18. The Labute approximate surface area is 516 Å². The molecule has 0 saturated heterocycles. The van der Waals surface area contributed by atoms with Crippen molar-refractivity contribution in [1.82, 2.24) is 0 Å². The van der Waals surface area contributed by atoms with E-state index < -0.39 is 6.71 Å². The van der Waals surface area contributed by atoms with Gasteiger partial charge >= 0.3 is 6.71 Å². The topological polar surface area (TPSA) is 32.8 Å². The Morgan fingerprint density at radius 2 is 0.721 bits per heavy atom. The summed E-state index contributed by atoms with van der Waals surface area (Å²) in [6.07, 6.45) is 0. The SMILES string of the molecule is CC(C)c1cc2c3c(c1)N(c1cc(-c4csc5ccccc45)cc(-c4csc5ccccc45)c1)c1c(oc4ccc(C(C)(C)C)cc14)B3c1oc3ccc(C(C)(C)C)cc3c1N2c1cc(-c2csc3ccccc23)cc(-c2csc3ccccc23)c1. The number of anilines is 6. The Morgan fingerprint density at radius 3 is 1.05 bits per heavy atom. The molecule has 2 aliphatic heterocycles. The van der Waals surface area contributed by atoms with E-state index in [1.54, 1.807) is 0 Å². The van der Waals surface area contributed by atoms with E-state index in [0.717, 1.165) is 72.8 Å². The van der Waals surface area contributed by atoms with Crippen LogP contribution < -0.4 is 26.6 Å². The molecule has 0 spiro atoms. The van der Waals surface area contributed by atoms with Gasteiger partial charge in [-0.05, 0) is 180 Å². The van der Waals surface area contributed by atoms with E-state index in [9.17, 15) is 0 Å². The largest absolute Gasteiger partial charge is 0.468 e. The van der Waals surface area contributed by atoms with Crippen LogP contribution in [0.1, 0.15) is 78.0 Å². The first-order valence-corrected chi connectivity index (χ1v) is 33.3. The van der Waals surface area contributed by atoms with Gasteiger partial charge in [0.2, 0.25) is 0 Å². The average molecular weight is 1180 g/mol. The molecular formula is C77H59BN2O2S4. The third kappa shape index (κ3) is 7.97. The van der Waals surface area contributed by atoms with Gasteiger partial charge in [0.1, 0.15) is 22.5 Å². The van der Waals surface area contributed by atoms with E-state index in [-0.39, 0.29) is 16.7 Å². The number of hydrogen-bond acceptors (Lipinski definition) is 8. The molecule has 0 fully saturated rings. The zero-order chi connectivity index (χ0) is 58.1. The van der Waals surface area contributed by atoms with Crippen LogP contribution >= 0.6 is 45.3 Å². The van der Waals surface area contributed by atoms with Crippen molar-refractivity contribution >= 4 is 165 Å². The molecule has 17 rings (SSSR count). The van der Waals surface area contributed by atoms with E-state index in [1.165, 1.54) is 102 Å². The highest BCUT2D eigenvalue weighted by Crippen LogP contribution is 2.54. The third-order valence-electron chi connectivity index (χ3n) is 18.2. The lowest BCUT2D eigenvalue weighted by atomic mass is 9.37. The Bertz CT molecular complexity index is 4790. The Balaban J connectivity index is 1.01. The van der Waals surface area contributed by atoms with Crippen molar-refractivity contribution < 1.29 is 8.83 Å². The van der Waals surface area contributed by atoms with E-state index in [1.807, 2.05) is 45.3 Å². The van der Waals surface area contributed by atoms with Crippen LogP contribution in [0.25, 0.3) is 107 Å². The summed E-state index contributed by atoms with van der Waals surface area (Å²) >= 11 is 7.25. The van der Waals surface area contributed by atoms with E-state index >= 15 is 0 Å². The lowest BCUT2D eigenvalue weighted by Gasteiger charge is -2.41. The standard InChI is InChI=1S/C77H59BN2O2S4/c1-43(2)44-35-63-71-64(36-44)80(52-33-47(61-41-85-69-23-15-11-19-55(61)69)30-48(34-52)62-42-86-70-24-16-12-20-56(62)70)73-58-38-50(77(6,7)8)26-28-66(58)82-75(73)78(71)74-72(57-37-49(76(3,4)5)25-27-65(57)81-74)79(63)51-31-45(59-39-83-67-21-13-9-17-53(59)67)29-46(32-51)60-40-84-68-22-14-10-18-54(60)68/h9-43H,1-8H3. The molecule has 0 aliphatic carbocycles. The fourth-order valence-electron chi connectivity index (χ4n) is 13.7. The first-order chi connectivity index (χ1) is 41.7. The lowest BCUT2D eigenvalue weighted by molar-refractivity contribution is 0.590. The highest BCUT2D eigenvalue weighted by Gasteiger charge is 2.50. The maximum absolute atomic E-state index is 7.63. The van der Waals surface area contributed by atoms with Gasteiger partial charge in [-0.15, -0.1) is 45.3 Å². The summed E-state index contributed by atoms with van der Waals surface area (Å²) in [6, 6.07) is 68.8. The van der Waals surface area contributed by atoms with Crippen LogP contribution in [0.5, 0.6) is 0 Å². The maximum atomic E-state index is 7.63. The third-order valence-corrected chi connectivity index (χ3v) is 22.0. The molecule has 2 aliphatic rings. The molecule has 0 unspecified atom stereocenters. The second-order valence-corrected chi connectivity index (χ2v) is 29.5. The quantitative estimate of drug-likeness (QED) is 0.149. The second kappa shape index (κ2) is 19.0. The molecule has 416 valence electrons. The zero-order valence-corrected chi connectivity index (χ0v) is 52.4. The van der Waals surface area contributed by atoms with E-state index in [2.05, 4.69) is 269 Å². The van der Waals surface area contributed by atoms with Crippen molar-refractivity contribution in [1.29, 1.82) is 0 Å². The minimum Gasteiger partial charge on any atom is -0.468 e. The molecule has 0 radical (unpaired) electrons. The van der Waals surface area contributed by atoms with Crippen LogP contribution in [0.15, 0.2) is 212 Å². The van der Waals surface area contributed by atoms with Crippen LogP contribution in [0.2, 0.25) is 0 Å². The highest BCUT2D eigenvalue weighted by atomic mass is 32.1. The molecule has 0 atom stereocenters. The Morgan fingerprint density at radius 1 is 0.384 bits per heavy atom. The summed E-state index contributed by atoms with van der Waals surface area (Å²) in [5.41, 5.74) is 24.2. The van der Waals surface area contributed by atoms with Crippen LogP contribution in [0.3, 0.4) is 0 Å². The first kappa shape index (κ1) is 51.9. The van der Waals surface area contributed by atoms with Gasteiger partial charge in [0.05, 0.1) is 11.4 Å². The first-order valence-electron chi connectivity index (χ1n) is 29.8. The highest BCUT2D eigenvalue weighted by molar-refractivity contribution is 7.18. The van der Waals surface area contributed by atoms with Crippen molar-refractivity contribution in [2.75, 3.05) is 9.80 Å². The van der Waals surface area contributed by atoms with Crippen molar-refractivity contribution in [3.05, 3.63) is 220 Å². The van der Waals surface area contributed by atoms with Gasteiger partial charge in [-0.3, -0.25) is 0 Å². The van der Waals surface area contributed by atoms with Crippen molar-refractivity contribution in [3.8, 4) is 44.5 Å². The fourth-order valence-corrected chi connectivity index (χ4v) is 17.6. The Hall–Kier alpha value is -8.44. The van der Waals surface area contributed by atoms with Crippen molar-refractivity contribution in [3.63, 3.8) is 0 Å². The average Bonchev–Trinajstić information content (AvgIpc) is 1.80. The summed E-state index contributed by atoms with van der Waals surface area (Å²) in [6.45, 7) is 18.2. The summed E-state index contributed by atoms with van der Waals surface area (Å²) in [7, 11) is 0. The molecule has 9 heteroatoms. The number of rotatable bonds is 7. The molecule has 6 aromatic heterocycles. The van der Waals surface area contributed by atoms with E-state index in [0.29, 0.717) is 0 Å². The van der Waals surface area contributed by atoms with Gasteiger partial charge in [0.15, 0.2) is 0 Å². The molecule has 0 amide bonds. The van der Waals surface area contributed by atoms with Crippen LogP contribution in [-0.2, 0) is 10.8 Å². The summed E-state index contributed by atoms with van der Waals surface area (Å²) in [5.74, 6) is 0.177. The van der Waals surface area contributed by atoms with E-state index in [4.69, 9.17) is 8.83 Å². The molecule has 8 heterocycles. The molecular weight excluding hydrogens is 1120 g/mol. The zero-order valence-electron chi connectivity index (χ0n) is 49.1. The number of fused-ring (bicyclic) bond motifs is 12. The van der Waals surface area contributed by atoms with Gasteiger partial charge in [-0.25, -0.2) is 0 Å².